The molecule has 0 radical (unpaired) electrons. The van der Waals surface area contributed by atoms with Crippen molar-refractivity contribution in [3.05, 3.63) is 35.8 Å². The first-order valence-electron chi connectivity index (χ1n) is 5.23. The van der Waals surface area contributed by atoms with Crippen molar-refractivity contribution in [2.75, 3.05) is 0 Å². The molecule has 2 aromatic rings. The summed E-state index contributed by atoms with van der Waals surface area (Å²) in [6.07, 6.45) is -0.0427. The summed E-state index contributed by atoms with van der Waals surface area (Å²) < 4.78 is 14.8. The average Bonchev–Trinajstić information content (AvgIpc) is 2.65. The van der Waals surface area contributed by atoms with E-state index in [1.807, 2.05) is 6.92 Å². The van der Waals surface area contributed by atoms with Gasteiger partial charge in [0.05, 0.1) is 5.52 Å². The Kier molecular flexibility index (Phi) is 2.85. The zero-order valence-electron chi connectivity index (χ0n) is 9.22. The van der Waals surface area contributed by atoms with Crippen molar-refractivity contribution in [3.63, 3.8) is 0 Å². The summed E-state index contributed by atoms with van der Waals surface area (Å²) in [5, 5.41) is 18.9. The van der Waals surface area contributed by atoms with Crippen LogP contribution in [0.3, 0.4) is 0 Å². The number of aliphatic carboxylic acids is 1. The quantitative estimate of drug-likeness (QED) is 0.857. The van der Waals surface area contributed by atoms with Gasteiger partial charge >= 0.3 is 5.97 Å². The molecule has 0 spiro atoms. The number of fused-ring (bicyclic) bond motifs is 1. The molecule has 1 unspecified atom stereocenters. The van der Waals surface area contributed by atoms with E-state index in [0.717, 1.165) is 0 Å². The zero-order valence-corrected chi connectivity index (χ0v) is 9.22. The zero-order chi connectivity index (χ0) is 12.6. The van der Waals surface area contributed by atoms with Crippen LogP contribution in [0.4, 0.5) is 4.39 Å². The van der Waals surface area contributed by atoms with Gasteiger partial charge in [0, 0.05) is 23.7 Å². The molecule has 0 saturated heterocycles. The van der Waals surface area contributed by atoms with E-state index < -0.39 is 12.1 Å². The summed E-state index contributed by atoms with van der Waals surface area (Å²) in [7, 11) is 0. The minimum atomic E-state index is -1.59. The maximum atomic E-state index is 13.1. The molecule has 1 heterocycles. The van der Waals surface area contributed by atoms with Gasteiger partial charge in [-0.05, 0) is 25.1 Å². The fourth-order valence-electron chi connectivity index (χ4n) is 1.91. The first kappa shape index (κ1) is 11.6. The highest BCUT2D eigenvalue weighted by molar-refractivity contribution is 5.89. The van der Waals surface area contributed by atoms with Crippen LogP contribution in [0.15, 0.2) is 24.4 Å². The fourth-order valence-corrected chi connectivity index (χ4v) is 1.91. The number of aliphatic hydroxyl groups is 1. The van der Waals surface area contributed by atoms with Crippen molar-refractivity contribution >= 4 is 16.9 Å². The Balaban J connectivity index is 2.69. The normalized spacial score (nSPS) is 12.9. The Bertz CT molecular complexity index is 576. The number of aromatic nitrogens is 1. The van der Waals surface area contributed by atoms with E-state index in [-0.39, 0.29) is 11.4 Å². The van der Waals surface area contributed by atoms with Crippen LogP contribution in [0, 0.1) is 5.82 Å². The molecule has 0 bridgehead atoms. The van der Waals surface area contributed by atoms with Crippen LogP contribution < -0.4 is 0 Å². The third-order valence-electron chi connectivity index (χ3n) is 2.74. The number of benzene rings is 1. The minimum absolute atomic E-state index is 0.286. The third kappa shape index (κ3) is 1.89. The lowest BCUT2D eigenvalue weighted by molar-refractivity contribution is -0.146. The van der Waals surface area contributed by atoms with E-state index in [2.05, 4.69) is 0 Å². The molecule has 0 amide bonds. The van der Waals surface area contributed by atoms with Crippen molar-refractivity contribution in [1.29, 1.82) is 0 Å². The minimum Gasteiger partial charge on any atom is -0.479 e. The van der Waals surface area contributed by atoms with Gasteiger partial charge in [-0.2, -0.15) is 0 Å². The molecule has 2 N–H and O–H groups in total. The lowest BCUT2D eigenvalue weighted by Gasteiger charge is -2.02. The molecule has 1 atom stereocenters. The van der Waals surface area contributed by atoms with Crippen LogP contribution in [0.2, 0.25) is 0 Å². The fraction of sp³-hybridized carbons (Fsp3) is 0.250. The Labute approximate surface area is 96.9 Å². The van der Waals surface area contributed by atoms with Gasteiger partial charge in [-0.3, -0.25) is 0 Å². The lowest BCUT2D eigenvalue weighted by Crippen LogP contribution is -2.09. The molecule has 0 saturated carbocycles. The molecule has 1 aromatic heterocycles. The van der Waals surface area contributed by atoms with E-state index in [9.17, 15) is 14.3 Å². The molecule has 1 aromatic carbocycles. The largest absolute Gasteiger partial charge is 0.479 e. The third-order valence-corrected chi connectivity index (χ3v) is 2.74. The smallest absolute Gasteiger partial charge is 0.337 e. The molecule has 0 aliphatic rings. The number of hydrogen-bond acceptors (Lipinski definition) is 2. The summed E-state index contributed by atoms with van der Waals surface area (Å²) in [5.74, 6) is -1.70. The summed E-state index contributed by atoms with van der Waals surface area (Å²) in [5.41, 5.74) is 0.872. The van der Waals surface area contributed by atoms with Gasteiger partial charge in [0.15, 0.2) is 6.10 Å². The van der Waals surface area contributed by atoms with Gasteiger partial charge in [-0.1, -0.05) is 0 Å². The van der Waals surface area contributed by atoms with Gasteiger partial charge in [0.25, 0.3) is 0 Å². The second kappa shape index (κ2) is 4.18. The van der Waals surface area contributed by atoms with E-state index in [1.165, 1.54) is 18.2 Å². The predicted molar refractivity (Wildman–Crippen MR) is 60.2 cm³/mol. The lowest BCUT2D eigenvalue weighted by atomic mass is 10.1. The number of carbonyl (C=O) groups is 1. The number of nitrogens with zero attached hydrogens (tertiary/aromatic N) is 1. The first-order valence-corrected chi connectivity index (χ1v) is 5.23. The number of halogens is 1. The van der Waals surface area contributed by atoms with Gasteiger partial charge in [0.1, 0.15) is 5.82 Å². The van der Waals surface area contributed by atoms with Gasteiger partial charge in [0.2, 0.25) is 0 Å². The second-order valence-electron chi connectivity index (χ2n) is 3.77. The number of aliphatic hydroxyl groups excluding tert-OH is 1. The summed E-state index contributed by atoms with van der Waals surface area (Å²) >= 11 is 0. The Morgan fingerprint density at radius 1 is 1.53 bits per heavy atom. The van der Waals surface area contributed by atoms with Crippen molar-refractivity contribution in [1.82, 2.24) is 4.57 Å². The van der Waals surface area contributed by atoms with Crippen LogP contribution in [-0.4, -0.2) is 20.7 Å². The van der Waals surface area contributed by atoms with Crippen LogP contribution in [0.25, 0.3) is 10.9 Å². The SMILES string of the molecule is CCn1cc(C(O)C(=O)O)c2ccc(F)cc21. The van der Waals surface area contributed by atoms with Crippen LogP contribution >= 0.6 is 0 Å². The summed E-state index contributed by atoms with van der Waals surface area (Å²) in [6.45, 7) is 2.44. The van der Waals surface area contributed by atoms with Crippen LogP contribution in [-0.2, 0) is 11.3 Å². The number of hydrogen-bond donors (Lipinski definition) is 2. The maximum Gasteiger partial charge on any atom is 0.337 e. The number of carboxylic acids is 1. The van der Waals surface area contributed by atoms with Crippen LogP contribution in [0.1, 0.15) is 18.6 Å². The number of aryl methyl sites for hydroxylation is 1. The van der Waals surface area contributed by atoms with Gasteiger partial charge in [-0.25, -0.2) is 9.18 Å². The molecular formula is C12H12FNO3. The van der Waals surface area contributed by atoms with E-state index in [4.69, 9.17) is 5.11 Å². The molecule has 0 aliphatic carbocycles. The topological polar surface area (TPSA) is 62.5 Å². The van der Waals surface area contributed by atoms with Crippen molar-refractivity contribution in [2.45, 2.75) is 19.6 Å². The molecule has 5 heteroatoms. The predicted octanol–water partition coefficient (Wildman–Crippen LogP) is 1.92. The van der Waals surface area contributed by atoms with Crippen molar-refractivity contribution < 1.29 is 19.4 Å². The standard InChI is InChI=1S/C12H12FNO3/c1-2-14-6-9(11(15)12(16)17)8-4-3-7(13)5-10(8)14/h3-6,11,15H,2H2,1H3,(H,16,17). The highest BCUT2D eigenvalue weighted by Gasteiger charge is 2.21. The highest BCUT2D eigenvalue weighted by atomic mass is 19.1. The molecular weight excluding hydrogens is 225 g/mol. The van der Waals surface area contributed by atoms with E-state index >= 15 is 0 Å². The molecule has 0 aliphatic heterocycles. The molecule has 90 valence electrons. The van der Waals surface area contributed by atoms with Crippen molar-refractivity contribution in [2.24, 2.45) is 0 Å². The van der Waals surface area contributed by atoms with Gasteiger partial charge < -0.3 is 14.8 Å². The van der Waals surface area contributed by atoms with Gasteiger partial charge in [-0.15, -0.1) is 0 Å². The van der Waals surface area contributed by atoms with Crippen molar-refractivity contribution in [3.8, 4) is 0 Å². The van der Waals surface area contributed by atoms with Crippen LogP contribution in [0.5, 0.6) is 0 Å². The van der Waals surface area contributed by atoms with E-state index in [1.54, 1.807) is 10.8 Å². The Morgan fingerprint density at radius 3 is 2.82 bits per heavy atom. The number of rotatable bonds is 3. The number of carboxylic acid groups (broad SMARTS) is 1. The second-order valence-corrected chi connectivity index (χ2v) is 3.77. The summed E-state index contributed by atoms with van der Waals surface area (Å²) in [6, 6.07) is 4.07. The Hall–Kier alpha value is -1.88. The summed E-state index contributed by atoms with van der Waals surface area (Å²) in [4.78, 5) is 10.8. The molecule has 17 heavy (non-hydrogen) atoms. The highest BCUT2D eigenvalue weighted by Crippen LogP contribution is 2.27. The Morgan fingerprint density at radius 2 is 2.24 bits per heavy atom. The maximum absolute atomic E-state index is 13.1. The first-order chi connectivity index (χ1) is 8.04. The molecule has 4 nitrogen and oxygen atoms in total. The molecule has 0 fully saturated rings. The monoisotopic (exact) mass is 237 g/mol. The molecule has 2 rings (SSSR count). The average molecular weight is 237 g/mol. The van der Waals surface area contributed by atoms with E-state index in [0.29, 0.717) is 17.4 Å².